The molecule has 2 aromatic rings. The van der Waals surface area contributed by atoms with Crippen molar-refractivity contribution in [3.8, 4) is 11.5 Å². The molecule has 0 saturated carbocycles. The highest BCUT2D eigenvalue weighted by Gasteiger charge is 2.21. The van der Waals surface area contributed by atoms with Crippen molar-refractivity contribution in [2.45, 2.75) is 6.54 Å². The number of anilines is 1. The quantitative estimate of drug-likeness (QED) is 0.898. The summed E-state index contributed by atoms with van der Waals surface area (Å²) in [4.78, 5) is 3.98. The topological polar surface area (TPSA) is 26.1 Å². The van der Waals surface area contributed by atoms with Gasteiger partial charge in [0.05, 0.1) is 46.0 Å². The van der Waals surface area contributed by atoms with E-state index in [1.54, 1.807) is 19.1 Å². The van der Waals surface area contributed by atoms with Gasteiger partial charge in [0.2, 0.25) is 0 Å². The molecule has 0 atom stereocenters. The predicted octanol–water partition coefficient (Wildman–Crippen LogP) is 2.26. The summed E-state index contributed by atoms with van der Waals surface area (Å²) in [5.74, 6) is 1.81. The van der Waals surface area contributed by atoms with Crippen molar-refractivity contribution in [3.63, 3.8) is 0 Å². The fourth-order valence-electron chi connectivity index (χ4n) is 3.20. The molecule has 0 radical (unpaired) electrons. The van der Waals surface area contributed by atoms with Gasteiger partial charge in [0.1, 0.15) is 18.0 Å². The van der Waals surface area contributed by atoms with E-state index in [2.05, 4.69) is 23.1 Å². The minimum Gasteiger partial charge on any atom is -0.497 e. The van der Waals surface area contributed by atoms with Gasteiger partial charge < -0.3 is 19.3 Å². The maximum Gasteiger partial charge on any atom is 0.127 e. The molecule has 24 heavy (non-hydrogen) atoms. The summed E-state index contributed by atoms with van der Waals surface area (Å²) in [6.07, 6.45) is 0. The average Bonchev–Trinajstić information content (AvgIpc) is 2.63. The molecule has 1 saturated heterocycles. The molecule has 1 aliphatic rings. The monoisotopic (exact) mass is 347 g/mol. The van der Waals surface area contributed by atoms with E-state index in [-0.39, 0.29) is 0 Å². The zero-order chi connectivity index (χ0) is 16.9. The molecule has 3 rings (SSSR count). The molecule has 1 N–H and O–H groups in total. The Morgan fingerprint density at radius 1 is 1.00 bits per heavy atom. The Morgan fingerprint density at radius 3 is 2.33 bits per heavy atom. The van der Waals surface area contributed by atoms with Crippen molar-refractivity contribution in [2.75, 3.05) is 45.3 Å². The molecule has 1 heterocycles. The third-order valence-electron chi connectivity index (χ3n) is 4.59. The summed E-state index contributed by atoms with van der Waals surface area (Å²) in [5.41, 5.74) is 2.45. The van der Waals surface area contributed by atoms with Gasteiger partial charge in [-0.2, -0.15) is 0 Å². The molecule has 0 spiro atoms. The number of hydrogen-bond acceptors (Lipinski definition) is 3. The van der Waals surface area contributed by atoms with Gasteiger partial charge in [-0.05, 0) is 42.5 Å². The summed E-state index contributed by atoms with van der Waals surface area (Å²) in [5, 5.41) is 0.785. The number of nitrogens with zero attached hydrogens (tertiary/aromatic N) is 1. The standard InChI is InChI=1S/C19H23ClN2O2/c1-23-18-7-8-19(24-2)15(13-18)14-21-9-11-22(12-10-21)17-5-3-16(20)4-6-17/h3-8,13H,9-12,14H2,1-2H3/p+1. The summed E-state index contributed by atoms with van der Waals surface area (Å²) in [7, 11) is 3.42. The normalized spacial score (nSPS) is 15.4. The Morgan fingerprint density at radius 2 is 1.71 bits per heavy atom. The van der Waals surface area contributed by atoms with E-state index in [0.29, 0.717) is 0 Å². The predicted molar refractivity (Wildman–Crippen MR) is 97.6 cm³/mol. The molecule has 1 fully saturated rings. The molecule has 2 aromatic carbocycles. The lowest BCUT2D eigenvalue weighted by Gasteiger charge is -2.34. The van der Waals surface area contributed by atoms with Crippen LogP contribution in [0.2, 0.25) is 5.02 Å². The minimum absolute atomic E-state index is 0.785. The Kier molecular flexibility index (Phi) is 5.48. The smallest absolute Gasteiger partial charge is 0.127 e. The lowest BCUT2D eigenvalue weighted by molar-refractivity contribution is -0.914. The van der Waals surface area contributed by atoms with Crippen LogP contribution in [0.25, 0.3) is 0 Å². The van der Waals surface area contributed by atoms with Gasteiger partial charge >= 0.3 is 0 Å². The molecule has 0 aliphatic carbocycles. The maximum absolute atomic E-state index is 5.97. The van der Waals surface area contributed by atoms with Crippen LogP contribution in [0.3, 0.4) is 0 Å². The molecule has 0 aromatic heterocycles. The second-order valence-corrected chi connectivity index (χ2v) is 6.50. The minimum atomic E-state index is 0.785. The molecule has 0 unspecified atom stereocenters. The zero-order valence-corrected chi connectivity index (χ0v) is 15.0. The van der Waals surface area contributed by atoms with Crippen LogP contribution in [-0.2, 0) is 6.54 Å². The lowest BCUT2D eigenvalue weighted by Crippen LogP contribution is -3.13. The second-order valence-electron chi connectivity index (χ2n) is 6.07. The SMILES string of the molecule is COc1ccc(OC)c(C[NH+]2CCN(c3ccc(Cl)cc3)CC2)c1. The zero-order valence-electron chi connectivity index (χ0n) is 14.2. The first kappa shape index (κ1) is 16.9. The van der Waals surface area contributed by atoms with Crippen molar-refractivity contribution in [1.29, 1.82) is 0 Å². The first-order valence-corrected chi connectivity index (χ1v) is 8.62. The van der Waals surface area contributed by atoms with Crippen molar-refractivity contribution >= 4 is 17.3 Å². The van der Waals surface area contributed by atoms with E-state index >= 15 is 0 Å². The van der Waals surface area contributed by atoms with Crippen molar-refractivity contribution < 1.29 is 14.4 Å². The Bertz CT molecular complexity index is 668. The number of piperazine rings is 1. The van der Waals surface area contributed by atoms with Gasteiger partial charge in [0.25, 0.3) is 0 Å². The van der Waals surface area contributed by atoms with E-state index in [1.165, 1.54) is 11.3 Å². The molecule has 5 heteroatoms. The number of rotatable bonds is 5. The first-order chi connectivity index (χ1) is 11.7. The number of methoxy groups -OCH3 is 2. The highest BCUT2D eigenvalue weighted by Crippen LogP contribution is 2.23. The molecule has 128 valence electrons. The number of quaternary nitrogens is 1. The fraction of sp³-hybridized carbons (Fsp3) is 0.368. The molecule has 1 aliphatic heterocycles. The lowest BCUT2D eigenvalue weighted by atomic mass is 10.1. The van der Waals surface area contributed by atoms with Gasteiger partial charge in [0.15, 0.2) is 0 Å². The first-order valence-electron chi connectivity index (χ1n) is 8.24. The molecule has 0 amide bonds. The third kappa shape index (κ3) is 3.94. The number of hydrogen-bond donors (Lipinski definition) is 1. The number of benzene rings is 2. The van der Waals surface area contributed by atoms with Crippen LogP contribution in [0, 0.1) is 0 Å². The third-order valence-corrected chi connectivity index (χ3v) is 4.84. The van der Waals surface area contributed by atoms with Crippen LogP contribution in [0.4, 0.5) is 5.69 Å². The molecule has 0 bridgehead atoms. The summed E-state index contributed by atoms with van der Waals surface area (Å²) in [6.45, 7) is 5.24. The van der Waals surface area contributed by atoms with Crippen molar-refractivity contribution in [1.82, 2.24) is 0 Å². The van der Waals surface area contributed by atoms with Crippen LogP contribution >= 0.6 is 11.6 Å². The summed E-state index contributed by atoms with van der Waals surface area (Å²) in [6, 6.07) is 14.1. The molecular formula is C19H24ClN2O2+. The van der Waals surface area contributed by atoms with Gasteiger partial charge in [-0.25, -0.2) is 0 Å². The molecular weight excluding hydrogens is 324 g/mol. The highest BCUT2D eigenvalue weighted by atomic mass is 35.5. The van der Waals surface area contributed by atoms with Gasteiger partial charge in [-0.1, -0.05) is 11.6 Å². The highest BCUT2D eigenvalue weighted by molar-refractivity contribution is 6.30. The molecule has 4 nitrogen and oxygen atoms in total. The van der Waals surface area contributed by atoms with Crippen molar-refractivity contribution in [2.24, 2.45) is 0 Å². The van der Waals surface area contributed by atoms with E-state index in [4.69, 9.17) is 21.1 Å². The number of ether oxygens (including phenoxy) is 2. The fourth-order valence-corrected chi connectivity index (χ4v) is 3.33. The maximum atomic E-state index is 5.97. The van der Waals surface area contributed by atoms with Crippen LogP contribution in [0.1, 0.15) is 5.56 Å². The van der Waals surface area contributed by atoms with Crippen LogP contribution in [0.15, 0.2) is 42.5 Å². The second kappa shape index (κ2) is 7.77. The average molecular weight is 348 g/mol. The Balaban J connectivity index is 1.62. The van der Waals surface area contributed by atoms with Gasteiger partial charge in [-0.3, -0.25) is 0 Å². The number of halogens is 1. The van der Waals surface area contributed by atoms with Crippen molar-refractivity contribution in [3.05, 3.63) is 53.1 Å². The Hall–Kier alpha value is -1.91. The van der Waals surface area contributed by atoms with Crippen LogP contribution in [0.5, 0.6) is 11.5 Å². The van der Waals surface area contributed by atoms with Gasteiger partial charge in [0, 0.05) is 10.7 Å². The Labute approximate surface area is 148 Å². The summed E-state index contributed by atoms with van der Waals surface area (Å²) >= 11 is 5.97. The van der Waals surface area contributed by atoms with Crippen LogP contribution in [-0.4, -0.2) is 40.4 Å². The summed E-state index contributed by atoms with van der Waals surface area (Å²) < 4.78 is 10.8. The van der Waals surface area contributed by atoms with E-state index < -0.39 is 0 Å². The van der Waals surface area contributed by atoms with Gasteiger partial charge in [-0.15, -0.1) is 0 Å². The van der Waals surface area contributed by atoms with E-state index in [0.717, 1.165) is 49.2 Å². The van der Waals surface area contributed by atoms with E-state index in [1.807, 2.05) is 24.3 Å². The van der Waals surface area contributed by atoms with E-state index in [9.17, 15) is 0 Å². The largest absolute Gasteiger partial charge is 0.497 e. The number of nitrogens with one attached hydrogen (secondary N) is 1. The van der Waals surface area contributed by atoms with Crippen LogP contribution < -0.4 is 19.3 Å².